The number of nitrogens with zero attached hydrogens (tertiary/aromatic N) is 1. The van der Waals surface area contributed by atoms with Crippen LogP contribution in [0.15, 0.2) is 62.7 Å². The van der Waals surface area contributed by atoms with Gasteiger partial charge < -0.3 is 21.0 Å². The number of carboxylic acids is 1. The molecule has 0 fully saturated rings. The van der Waals surface area contributed by atoms with E-state index in [2.05, 4.69) is 4.99 Å². The SMILES string of the molecule is Cl.NC(N)=Nc1ccc(C(=O)O)c(-c2ccc3oc(=O)ccc3c2)c1. The second-order valence-corrected chi connectivity index (χ2v) is 5.08. The third-order valence-corrected chi connectivity index (χ3v) is 3.42. The maximum Gasteiger partial charge on any atom is 0.336 e. The predicted molar refractivity (Wildman–Crippen MR) is 97.6 cm³/mol. The minimum atomic E-state index is -1.07. The van der Waals surface area contributed by atoms with Gasteiger partial charge in [0.25, 0.3) is 0 Å². The van der Waals surface area contributed by atoms with Gasteiger partial charge in [0.15, 0.2) is 5.96 Å². The number of nitrogens with two attached hydrogens (primary N) is 2. The van der Waals surface area contributed by atoms with Crippen molar-refractivity contribution >= 4 is 41.0 Å². The molecule has 0 aliphatic carbocycles. The van der Waals surface area contributed by atoms with E-state index in [0.29, 0.717) is 27.8 Å². The zero-order valence-corrected chi connectivity index (χ0v) is 13.6. The van der Waals surface area contributed by atoms with E-state index < -0.39 is 11.6 Å². The van der Waals surface area contributed by atoms with Crippen LogP contribution in [0.2, 0.25) is 0 Å². The van der Waals surface area contributed by atoms with E-state index in [1.165, 1.54) is 18.2 Å². The second kappa shape index (κ2) is 7.06. The molecule has 2 aromatic carbocycles. The van der Waals surface area contributed by atoms with Crippen molar-refractivity contribution in [2.45, 2.75) is 0 Å². The molecule has 0 saturated heterocycles. The van der Waals surface area contributed by atoms with Gasteiger partial charge in [-0.1, -0.05) is 6.07 Å². The maximum absolute atomic E-state index is 11.5. The van der Waals surface area contributed by atoms with Crippen LogP contribution in [0.1, 0.15) is 10.4 Å². The van der Waals surface area contributed by atoms with E-state index in [1.54, 1.807) is 30.3 Å². The van der Waals surface area contributed by atoms with E-state index in [9.17, 15) is 14.7 Å². The summed E-state index contributed by atoms with van der Waals surface area (Å²) >= 11 is 0. The lowest BCUT2D eigenvalue weighted by Gasteiger charge is -2.09. The van der Waals surface area contributed by atoms with Crippen molar-refractivity contribution in [2.24, 2.45) is 16.5 Å². The first-order valence-corrected chi connectivity index (χ1v) is 6.95. The molecule has 0 aliphatic heterocycles. The monoisotopic (exact) mass is 359 g/mol. The highest BCUT2D eigenvalue weighted by molar-refractivity contribution is 5.98. The molecule has 8 heteroatoms. The molecule has 25 heavy (non-hydrogen) atoms. The third-order valence-electron chi connectivity index (χ3n) is 3.42. The molecule has 1 aromatic heterocycles. The van der Waals surface area contributed by atoms with Crippen molar-refractivity contribution in [3.05, 3.63) is 64.5 Å². The van der Waals surface area contributed by atoms with Gasteiger partial charge in [-0.05, 0) is 47.5 Å². The molecule has 0 amide bonds. The predicted octanol–water partition coefficient (Wildman–Crippen LogP) is 2.48. The number of carboxylic acid groups (broad SMARTS) is 1. The third kappa shape index (κ3) is 3.78. The summed E-state index contributed by atoms with van der Waals surface area (Å²) in [6.45, 7) is 0. The minimum absolute atomic E-state index is 0. The normalized spacial score (nSPS) is 10.1. The molecule has 128 valence electrons. The van der Waals surface area contributed by atoms with Crippen LogP contribution in [0, 0.1) is 0 Å². The minimum Gasteiger partial charge on any atom is -0.478 e. The molecule has 1 heterocycles. The molecule has 0 spiro atoms. The summed E-state index contributed by atoms with van der Waals surface area (Å²) in [7, 11) is 0. The highest BCUT2D eigenvalue weighted by Gasteiger charge is 2.13. The standard InChI is InChI=1S/C17H13N3O4.ClH/c18-17(19)20-11-3-4-12(16(22)23)13(8-11)9-1-5-14-10(7-9)2-6-15(21)24-14;/h1-8H,(H,22,23)(H4,18,19,20);1H. The van der Waals surface area contributed by atoms with Crippen LogP contribution in [0.4, 0.5) is 5.69 Å². The molecule has 0 radical (unpaired) electrons. The Labute approximate surface area is 148 Å². The van der Waals surface area contributed by atoms with Gasteiger partial charge in [0, 0.05) is 11.5 Å². The summed E-state index contributed by atoms with van der Waals surface area (Å²) < 4.78 is 5.08. The Morgan fingerprint density at radius 1 is 1.04 bits per heavy atom. The van der Waals surface area contributed by atoms with Crippen LogP contribution in [-0.4, -0.2) is 17.0 Å². The van der Waals surface area contributed by atoms with E-state index >= 15 is 0 Å². The first-order chi connectivity index (χ1) is 11.4. The average Bonchev–Trinajstić information content (AvgIpc) is 2.53. The fourth-order valence-electron chi connectivity index (χ4n) is 2.42. The molecule has 0 unspecified atom stereocenters. The van der Waals surface area contributed by atoms with Gasteiger partial charge in [-0.25, -0.2) is 14.6 Å². The van der Waals surface area contributed by atoms with Gasteiger partial charge in [0.1, 0.15) is 5.58 Å². The van der Waals surface area contributed by atoms with Gasteiger partial charge >= 0.3 is 11.6 Å². The van der Waals surface area contributed by atoms with E-state index in [0.717, 1.165) is 0 Å². The first kappa shape index (κ1) is 18.0. The summed E-state index contributed by atoms with van der Waals surface area (Å²) in [5.74, 6) is -1.19. The van der Waals surface area contributed by atoms with Crippen molar-refractivity contribution in [3.63, 3.8) is 0 Å². The molecule has 5 N–H and O–H groups in total. The Hall–Kier alpha value is -3.32. The number of benzene rings is 2. The average molecular weight is 360 g/mol. The van der Waals surface area contributed by atoms with Gasteiger partial charge in [-0.2, -0.15) is 0 Å². The highest BCUT2D eigenvalue weighted by atomic mass is 35.5. The van der Waals surface area contributed by atoms with Crippen LogP contribution in [0.3, 0.4) is 0 Å². The fraction of sp³-hybridized carbons (Fsp3) is 0. The Morgan fingerprint density at radius 2 is 1.80 bits per heavy atom. The number of guanidine groups is 1. The van der Waals surface area contributed by atoms with Crippen molar-refractivity contribution in [3.8, 4) is 11.1 Å². The molecule has 0 saturated carbocycles. The number of aliphatic imine (C=N–C) groups is 1. The largest absolute Gasteiger partial charge is 0.478 e. The number of fused-ring (bicyclic) bond motifs is 1. The van der Waals surface area contributed by atoms with E-state index in [4.69, 9.17) is 15.9 Å². The Kier molecular flexibility index (Phi) is 5.09. The molecule has 7 nitrogen and oxygen atoms in total. The summed E-state index contributed by atoms with van der Waals surface area (Å²) in [6, 6.07) is 12.5. The number of rotatable bonds is 3. The fourth-order valence-corrected chi connectivity index (χ4v) is 2.42. The zero-order valence-electron chi connectivity index (χ0n) is 12.8. The lowest BCUT2D eigenvalue weighted by atomic mass is 9.98. The molecule has 0 bridgehead atoms. The van der Waals surface area contributed by atoms with Gasteiger partial charge in [0.05, 0.1) is 11.3 Å². The smallest absolute Gasteiger partial charge is 0.336 e. The summed E-state index contributed by atoms with van der Waals surface area (Å²) in [4.78, 5) is 26.7. The first-order valence-electron chi connectivity index (χ1n) is 6.95. The number of halogens is 1. The molecular formula is C17H14ClN3O4. The second-order valence-electron chi connectivity index (χ2n) is 5.08. The van der Waals surface area contributed by atoms with Crippen molar-refractivity contribution in [2.75, 3.05) is 0 Å². The maximum atomic E-state index is 11.5. The van der Waals surface area contributed by atoms with Gasteiger partial charge in [-0.15, -0.1) is 12.4 Å². The van der Waals surface area contributed by atoms with Crippen molar-refractivity contribution < 1.29 is 14.3 Å². The summed E-state index contributed by atoms with van der Waals surface area (Å²) in [5.41, 5.74) is 12.4. The zero-order chi connectivity index (χ0) is 17.3. The number of hydrogen-bond acceptors (Lipinski definition) is 4. The van der Waals surface area contributed by atoms with Crippen LogP contribution in [-0.2, 0) is 0 Å². The lowest BCUT2D eigenvalue weighted by molar-refractivity contribution is 0.0698. The van der Waals surface area contributed by atoms with Crippen LogP contribution in [0.25, 0.3) is 22.1 Å². The van der Waals surface area contributed by atoms with Gasteiger partial charge in [0.2, 0.25) is 0 Å². The van der Waals surface area contributed by atoms with E-state index in [1.807, 2.05) is 0 Å². The van der Waals surface area contributed by atoms with Gasteiger partial charge in [-0.3, -0.25) is 0 Å². The van der Waals surface area contributed by atoms with E-state index in [-0.39, 0.29) is 23.9 Å². The summed E-state index contributed by atoms with van der Waals surface area (Å²) in [5, 5.41) is 10.1. The number of aromatic carboxylic acids is 1. The van der Waals surface area contributed by atoms with Crippen LogP contribution >= 0.6 is 12.4 Å². The molecule has 3 rings (SSSR count). The molecular weight excluding hydrogens is 346 g/mol. The quantitative estimate of drug-likeness (QED) is 0.374. The molecule has 0 atom stereocenters. The van der Waals surface area contributed by atoms with Crippen molar-refractivity contribution in [1.29, 1.82) is 0 Å². The Balaban J connectivity index is 0.00000225. The van der Waals surface area contributed by atoms with Crippen LogP contribution < -0.4 is 17.1 Å². The Bertz CT molecular complexity index is 1040. The van der Waals surface area contributed by atoms with Crippen LogP contribution in [0.5, 0.6) is 0 Å². The topological polar surface area (TPSA) is 132 Å². The molecule has 0 aliphatic rings. The Morgan fingerprint density at radius 3 is 2.48 bits per heavy atom. The summed E-state index contributed by atoms with van der Waals surface area (Å²) in [6.07, 6.45) is 0. The lowest BCUT2D eigenvalue weighted by Crippen LogP contribution is -2.21. The van der Waals surface area contributed by atoms with Crippen molar-refractivity contribution in [1.82, 2.24) is 0 Å². The number of hydrogen-bond donors (Lipinski definition) is 3. The number of carbonyl (C=O) groups is 1. The molecule has 3 aromatic rings. The highest BCUT2D eigenvalue weighted by Crippen LogP contribution is 2.30.